The Labute approximate surface area is 166 Å². The van der Waals surface area contributed by atoms with Crippen molar-refractivity contribution in [2.45, 2.75) is 32.7 Å². The van der Waals surface area contributed by atoms with Crippen molar-refractivity contribution in [2.24, 2.45) is 5.92 Å². The molecule has 0 bridgehead atoms. The first-order valence-electron chi connectivity index (χ1n) is 9.10. The maximum atomic E-state index is 12.0. The van der Waals surface area contributed by atoms with E-state index in [0.717, 1.165) is 23.1 Å². The molecule has 0 atom stereocenters. The second kappa shape index (κ2) is 7.16. The number of carbonyl (C=O) groups is 1. The normalized spacial score (nSPS) is 13.7. The van der Waals surface area contributed by atoms with Crippen molar-refractivity contribution >= 4 is 49.9 Å². The smallest absolute Gasteiger partial charge is 0.229 e. The molecular formula is C19H21N7OS. The molecule has 0 aliphatic heterocycles. The van der Waals surface area contributed by atoms with Crippen LogP contribution in [0.3, 0.4) is 0 Å². The van der Waals surface area contributed by atoms with E-state index in [1.807, 2.05) is 32.0 Å². The number of thiazole rings is 1. The number of rotatable bonds is 6. The third kappa shape index (κ3) is 3.65. The first-order chi connectivity index (χ1) is 13.4. The van der Waals surface area contributed by atoms with Gasteiger partial charge in [0, 0.05) is 17.5 Å². The molecule has 0 saturated heterocycles. The molecule has 8 nitrogen and oxygen atoms in total. The fourth-order valence-electron chi connectivity index (χ4n) is 2.86. The van der Waals surface area contributed by atoms with Crippen molar-refractivity contribution < 1.29 is 4.79 Å². The predicted octanol–water partition coefficient (Wildman–Crippen LogP) is 3.25. The number of nitrogens with zero attached hydrogens (tertiary/aromatic N) is 3. The molecule has 4 rings (SSSR count). The lowest BCUT2D eigenvalue weighted by atomic mass is 10.0. The molecule has 0 spiro atoms. The Hall–Kier alpha value is -3.07. The van der Waals surface area contributed by atoms with Crippen LogP contribution in [0.2, 0.25) is 0 Å². The minimum Gasteiger partial charge on any atom is -0.383 e. The Morgan fingerprint density at radius 1 is 1.32 bits per heavy atom. The zero-order valence-electron chi connectivity index (χ0n) is 15.6. The Kier molecular flexibility index (Phi) is 4.68. The number of aromatic nitrogens is 3. The zero-order chi connectivity index (χ0) is 19.8. The third-order valence-electron chi connectivity index (χ3n) is 4.41. The van der Waals surface area contributed by atoms with E-state index in [-0.39, 0.29) is 29.4 Å². The summed E-state index contributed by atoms with van der Waals surface area (Å²) in [4.78, 5) is 24.7. The number of anilines is 3. The molecule has 0 radical (unpaired) electrons. The minimum atomic E-state index is 0.0330. The van der Waals surface area contributed by atoms with Gasteiger partial charge >= 0.3 is 0 Å². The first-order valence-corrected chi connectivity index (χ1v) is 9.91. The summed E-state index contributed by atoms with van der Waals surface area (Å²) < 4.78 is 0.891. The van der Waals surface area contributed by atoms with E-state index in [9.17, 15) is 4.79 Å². The van der Waals surface area contributed by atoms with Gasteiger partial charge in [0.15, 0.2) is 5.13 Å². The SMILES string of the molecule is CC(C)Nc1ncnc(N)c1C(=N)c1ccc2nc(NC(=O)C3CC3)sc2c1. The third-order valence-corrected chi connectivity index (χ3v) is 5.34. The van der Waals surface area contributed by atoms with Crippen LogP contribution in [0.4, 0.5) is 16.8 Å². The average Bonchev–Trinajstić information content (AvgIpc) is 3.41. The molecule has 1 aliphatic carbocycles. The molecule has 1 amide bonds. The van der Waals surface area contributed by atoms with Gasteiger partial charge in [-0.25, -0.2) is 15.0 Å². The predicted molar refractivity (Wildman–Crippen MR) is 112 cm³/mol. The van der Waals surface area contributed by atoms with Crippen LogP contribution in [0.15, 0.2) is 24.5 Å². The fourth-order valence-corrected chi connectivity index (χ4v) is 3.77. The summed E-state index contributed by atoms with van der Waals surface area (Å²) in [5, 5.41) is 15.3. The van der Waals surface area contributed by atoms with Gasteiger partial charge in [0.1, 0.15) is 18.0 Å². The second-order valence-corrected chi connectivity index (χ2v) is 8.15. The summed E-state index contributed by atoms with van der Waals surface area (Å²) in [7, 11) is 0. The Morgan fingerprint density at radius 3 is 2.82 bits per heavy atom. The number of fused-ring (bicyclic) bond motifs is 1. The Balaban J connectivity index is 1.65. The minimum absolute atomic E-state index is 0.0330. The van der Waals surface area contributed by atoms with Gasteiger partial charge in [-0.1, -0.05) is 17.4 Å². The fraction of sp³-hybridized carbons (Fsp3) is 0.316. The summed E-state index contributed by atoms with van der Waals surface area (Å²) in [6.45, 7) is 3.99. The number of carbonyl (C=O) groups excluding carboxylic acids is 1. The summed E-state index contributed by atoms with van der Waals surface area (Å²) in [6, 6.07) is 5.69. The maximum absolute atomic E-state index is 12.0. The molecule has 1 fully saturated rings. The lowest BCUT2D eigenvalue weighted by molar-refractivity contribution is -0.117. The van der Waals surface area contributed by atoms with Crippen LogP contribution in [-0.2, 0) is 4.79 Å². The summed E-state index contributed by atoms with van der Waals surface area (Å²) in [5.74, 6) is 0.952. The lowest BCUT2D eigenvalue weighted by Crippen LogP contribution is -2.17. The molecule has 9 heteroatoms. The van der Waals surface area contributed by atoms with Crippen molar-refractivity contribution in [1.29, 1.82) is 5.41 Å². The van der Waals surface area contributed by atoms with Crippen LogP contribution >= 0.6 is 11.3 Å². The van der Waals surface area contributed by atoms with Crippen molar-refractivity contribution in [1.82, 2.24) is 15.0 Å². The number of hydrogen-bond donors (Lipinski definition) is 4. The molecule has 3 aromatic rings. The molecule has 1 saturated carbocycles. The van der Waals surface area contributed by atoms with Gasteiger partial charge in [-0.3, -0.25) is 10.2 Å². The van der Waals surface area contributed by atoms with Crippen LogP contribution in [0, 0.1) is 11.3 Å². The van der Waals surface area contributed by atoms with Crippen LogP contribution in [0.1, 0.15) is 37.8 Å². The average molecular weight is 395 g/mol. The quantitative estimate of drug-likeness (QED) is 0.474. The molecule has 0 unspecified atom stereocenters. The molecule has 2 heterocycles. The summed E-state index contributed by atoms with van der Waals surface area (Å²) in [6.07, 6.45) is 3.29. The van der Waals surface area contributed by atoms with E-state index >= 15 is 0 Å². The highest BCUT2D eigenvalue weighted by molar-refractivity contribution is 7.22. The second-order valence-electron chi connectivity index (χ2n) is 7.12. The Bertz CT molecular complexity index is 1070. The van der Waals surface area contributed by atoms with E-state index in [1.165, 1.54) is 17.7 Å². The van der Waals surface area contributed by atoms with Gasteiger partial charge in [0.2, 0.25) is 5.91 Å². The number of amides is 1. The lowest BCUT2D eigenvalue weighted by Gasteiger charge is -2.15. The standard InChI is InChI=1S/C19H21N7OS/c1-9(2)24-17-14(16(21)22-8-23-17)15(20)11-5-6-12-13(7-11)28-19(25-12)26-18(27)10-3-4-10/h5-10,20H,3-4H2,1-2H3,(H,25,26,27)(H3,21,22,23,24). The van der Waals surface area contributed by atoms with Crippen molar-refractivity contribution in [3.63, 3.8) is 0 Å². The number of nitrogen functional groups attached to an aromatic ring is 1. The molecule has 5 N–H and O–H groups in total. The van der Waals surface area contributed by atoms with E-state index in [4.69, 9.17) is 11.1 Å². The van der Waals surface area contributed by atoms with E-state index in [1.54, 1.807) is 0 Å². The number of nitrogens with one attached hydrogen (secondary N) is 3. The first kappa shape index (κ1) is 18.3. The molecule has 28 heavy (non-hydrogen) atoms. The van der Waals surface area contributed by atoms with Crippen LogP contribution in [0.25, 0.3) is 10.2 Å². The van der Waals surface area contributed by atoms with Crippen molar-refractivity contribution in [3.8, 4) is 0 Å². The highest BCUT2D eigenvalue weighted by atomic mass is 32.1. The van der Waals surface area contributed by atoms with Gasteiger partial charge < -0.3 is 16.4 Å². The molecule has 144 valence electrons. The highest BCUT2D eigenvalue weighted by Gasteiger charge is 2.30. The monoisotopic (exact) mass is 395 g/mol. The van der Waals surface area contributed by atoms with Crippen LogP contribution in [0.5, 0.6) is 0 Å². The van der Waals surface area contributed by atoms with Gasteiger partial charge in [-0.05, 0) is 38.8 Å². The summed E-state index contributed by atoms with van der Waals surface area (Å²) in [5.41, 5.74) is 8.23. The molecular weight excluding hydrogens is 374 g/mol. The molecule has 2 aromatic heterocycles. The highest BCUT2D eigenvalue weighted by Crippen LogP contribution is 2.33. The topological polar surface area (TPSA) is 130 Å². The van der Waals surface area contributed by atoms with Crippen molar-refractivity contribution in [2.75, 3.05) is 16.4 Å². The number of benzene rings is 1. The Morgan fingerprint density at radius 2 is 2.11 bits per heavy atom. The van der Waals surface area contributed by atoms with Gasteiger partial charge in [-0.15, -0.1) is 0 Å². The number of nitrogens with two attached hydrogens (primary N) is 1. The van der Waals surface area contributed by atoms with Crippen molar-refractivity contribution in [3.05, 3.63) is 35.7 Å². The number of hydrogen-bond acceptors (Lipinski definition) is 8. The molecule has 1 aliphatic rings. The molecule has 1 aromatic carbocycles. The maximum Gasteiger partial charge on any atom is 0.229 e. The van der Waals surface area contributed by atoms with E-state index in [2.05, 4.69) is 25.6 Å². The van der Waals surface area contributed by atoms with E-state index < -0.39 is 0 Å². The van der Waals surface area contributed by atoms with E-state index in [0.29, 0.717) is 22.1 Å². The van der Waals surface area contributed by atoms with Gasteiger partial charge in [0.25, 0.3) is 0 Å². The largest absolute Gasteiger partial charge is 0.383 e. The van der Waals surface area contributed by atoms with Gasteiger partial charge in [-0.2, -0.15) is 0 Å². The van der Waals surface area contributed by atoms with Gasteiger partial charge in [0.05, 0.1) is 21.5 Å². The van der Waals surface area contributed by atoms with Crippen LogP contribution < -0.4 is 16.4 Å². The summed E-state index contributed by atoms with van der Waals surface area (Å²) >= 11 is 1.40. The van der Waals surface area contributed by atoms with Crippen LogP contribution in [-0.4, -0.2) is 32.6 Å². The zero-order valence-corrected chi connectivity index (χ0v) is 16.4.